The van der Waals surface area contributed by atoms with Gasteiger partial charge in [-0.3, -0.25) is 9.69 Å². The zero-order valence-electron chi connectivity index (χ0n) is 15.6. The highest BCUT2D eigenvalue weighted by Crippen LogP contribution is 2.38. The van der Waals surface area contributed by atoms with Crippen LogP contribution in [-0.4, -0.2) is 10.2 Å². The number of benzene rings is 2. The predicted molar refractivity (Wildman–Crippen MR) is 116 cm³/mol. The van der Waals surface area contributed by atoms with E-state index in [-0.39, 0.29) is 5.24 Å². The second-order valence-corrected chi connectivity index (χ2v) is 8.01. The molecular weight excluding hydrogens is 431 g/mol. The number of amides is 1. The van der Waals surface area contributed by atoms with Crippen LogP contribution in [0.3, 0.4) is 0 Å². The smallest absolute Gasteiger partial charge is 0.416 e. The monoisotopic (exact) mass is 445 g/mol. The first kappa shape index (κ1) is 20.4. The second kappa shape index (κ2) is 7.77. The van der Waals surface area contributed by atoms with Crippen LogP contribution in [-0.2, 0) is 6.18 Å². The summed E-state index contributed by atoms with van der Waals surface area (Å²) in [6.07, 6.45) is -2.81. The number of rotatable bonds is 3. The number of hydrogen-bond acceptors (Lipinski definition) is 4. The molecule has 0 bridgehead atoms. The van der Waals surface area contributed by atoms with Crippen molar-refractivity contribution >= 4 is 46.0 Å². The van der Waals surface area contributed by atoms with Gasteiger partial charge in [0.1, 0.15) is 16.5 Å². The first-order valence-corrected chi connectivity index (χ1v) is 10.1. The number of nitrogens with zero attached hydrogens (tertiary/aromatic N) is 1. The van der Waals surface area contributed by atoms with Gasteiger partial charge in [0.15, 0.2) is 0 Å². The van der Waals surface area contributed by atoms with E-state index in [1.54, 1.807) is 24.3 Å². The molecule has 0 atom stereocenters. The summed E-state index contributed by atoms with van der Waals surface area (Å²) in [6.45, 7) is 1.95. The molecule has 152 valence electrons. The van der Waals surface area contributed by atoms with Crippen LogP contribution in [0.25, 0.3) is 17.4 Å². The molecule has 0 N–H and O–H groups in total. The van der Waals surface area contributed by atoms with E-state index in [0.717, 1.165) is 29.5 Å². The van der Waals surface area contributed by atoms with Gasteiger partial charge in [-0.15, -0.1) is 0 Å². The number of thioether (sulfide) groups is 1. The summed E-state index contributed by atoms with van der Waals surface area (Å²) in [4.78, 5) is 14.8. The summed E-state index contributed by atoms with van der Waals surface area (Å²) >= 11 is 6.45. The van der Waals surface area contributed by atoms with Gasteiger partial charge in [0.2, 0.25) is 0 Å². The van der Waals surface area contributed by atoms with E-state index >= 15 is 0 Å². The van der Waals surface area contributed by atoms with Gasteiger partial charge in [0, 0.05) is 5.56 Å². The predicted octanol–water partition coefficient (Wildman–Crippen LogP) is 7.32. The molecule has 2 heterocycles. The number of alkyl halides is 3. The van der Waals surface area contributed by atoms with Crippen molar-refractivity contribution in [2.45, 2.75) is 13.1 Å². The molecule has 0 aliphatic carbocycles. The van der Waals surface area contributed by atoms with Gasteiger partial charge in [-0.1, -0.05) is 42.0 Å². The van der Waals surface area contributed by atoms with E-state index in [1.165, 1.54) is 11.0 Å². The first-order chi connectivity index (χ1) is 14.2. The fraction of sp³-hybridized carbons (Fsp3) is 0.0909. The summed E-state index contributed by atoms with van der Waals surface area (Å²) in [5.41, 5.74) is 1.31. The Labute approximate surface area is 180 Å². The van der Waals surface area contributed by atoms with Crippen LogP contribution >= 0.6 is 24.0 Å². The van der Waals surface area contributed by atoms with Crippen LogP contribution in [0, 0.1) is 6.92 Å². The highest BCUT2D eigenvalue weighted by molar-refractivity contribution is 8.20. The fourth-order valence-corrected chi connectivity index (χ4v) is 4.21. The molecule has 4 rings (SSSR count). The number of carbonyl (C=O) groups is 1. The minimum Gasteiger partial charge on any atom is -0.457 e. The van der Waals surface area contributed by atoms with E-state index in [0.29, 0.717) is 32.7 Å². The van der Waals surface area contributed by atoms with Gasteiger partial charge in [0.05, 0.1) is 16.2 Å². The van der Waals surface area contributed by atoms with Crippen LogP contribution in [0.5, 0.6) is 0 Å². The zero-order chi connectivity index (χ0) is 21.5. The third kappa shape index (κ3) is 4.06. The lowest BCUT2D eigenvalue weighted by atomic mass is 10.1. The van der Waals surface area contributed by atoms with Gasteiger partial charge < -0.3 is 4.42 Å². The fourth-order valence-electron chi connectivity index (χ4n) is 2.95. The van der Waals surface area contributed by atoms with E-state index in [4.69, 9.17) is 16.6 Å². The molecule has 1 amide bonds. The maximum Gasteiger partial charge on any atom is 0.416 e. The molecule has 1 aliphatic heterocycles. The number of hydrogen-bond donors (Lipinski definition) is 0. The maximum atomic E-state index is 12.9. The molecule has 2 aromatic carbocycles. The Bertz CT molecular complexity index is 1160. The number of anilines is 1. The highest BCUT2D eigenvalue weighted by Gasteiger charge is 2.33. The highest BCUT2D eigenvalue weighted by atomic mass is 32.2. The number of halogens is 3. The van der Waals surface area contributed by atoms with Gasteiger partial charge in [-0.2, -0.15) is 13.2 Å². The number of carbonyl (C=O) groups excluding carboxylic acids is 1. The third-order valence-corrected chi connectivity index (χ3v) is 5.88. The summed E-state index contributed by atoms with van der Waals surface area (Å²) in [6, 6.07) is 15.6. The lowest BCUT2D eigenvalue weighted by molar-refractivity contribution is -0.137. The lowest BCUT2D eigenvalue weighted by Gasteiger charge is -2.14. The standard InChI is InChI=1S/C22H14F3NO2S2/c1-13-5-7-16(8-6-13)26-20(29)19(30-21(26)27)12-17-9-10-18(28-17)14-3-2-4-15(11-14)22(23,24)25/h2-12H,1H3. The van der Waals surface area contributed by atoms with E-state index in [9.17, 15) is 18.0 Å². The first-order valence-electron chi connectivity index (χ1n) is 8.84. The molecule has 1 aliphatic rings. The summed E-state index contributed by atoms with van der Waals surface area (Å²) in [7, 11) is 0. The molecule has 3 aromatic rings. The normalized spacial score (nSPS) is 16.0. The molecule has 0 radical (unpaired) electrons. The SMILES string of the molecule is Cc1ccc(N2C(=O)SC(=Cc3ccc(-c4cccc(C(F)(F)F)c4)o3)C2=S)cc1. The molecule has 1 fully saturated rings. The quantitative estimate of drug-likeness (QED) is 0.312. The molecule has 8 heteroatoms. The van der Waals surface area contributed by atoms with E-state index in [2.05, 4.69) is 0 Å². The Kier molecular flexibility index (Phi) is 5.29. The van der Waals surface area contributed by atoms with Crippen LogP contribution in [0.4, 0.5) is 23.7 Å². The van der Waals surface area contributed by atoms with Crippen LogP contribution in [0.15, 0.2) is 70.0 Å². The Balaban J connectivity index is 1.60. The molecule has 1 aromatic heterocycles. The molecule has 0 unspecified atom stereocenters. The van der Waals surface area contributed by atoms with Gasteiger partial charge in [0.25, 0.3) is 5.24 Å². The van der Waals surface area contributed by atoms with E-state index in [1.807, 2.05) is 31.2 Å². The molecule has 1 saturated heterocycles. The second-order valence-electron chi connectivity index (χ2n) is 6.63. The average molecular weight is 445 g/mol. The van der Waals surface area contributed by atoms with Crippen molar-refractivity contribution in [3.05, 3.63) is 82.5 Å². The van der Waals surface area contributed by atoms with E-state index < -0.39 is 11.7 Å². The molecule has 0 spiro atoms. The average Bonchev–Trinajstić information content (AvgIpc) is 3.27. The topological polar surface area (TPSA) is 33.5 Å². The molecular formula is C22H14F3NO2S2. The summed E-state index contributed by atoms with van der Waals surface area (Å²) in [5, 5.41) is -0.222. The summed E-state index contributed by atoms with van der Waals surface area (Å²) < 4.78 is 44.5. The Morgan fingerprint density at radius 2 is 1.80 bits per heavy atom. The van der Waals surface area contributed by atoms with Crippen molar-refractivity contribution in [2.24, 2.45) is 0 Å². The molecule has 3 nitrogen and oxygen atoms in total. The van der Waals surface area contributed by atoms with Crippen LogP contribution in [0.1, 0.15) is 16.9 Å². The zero-order valence-corrected chi connectivity index (χ0v) is 17.2. The van der Waals surface area contributed by atoms with Crippen molar-refractivity contribution < 1.29 is 22.4 Å². The number of thiocarbonyl (C=S) groups is 1. The largest absolute Gasteiger partial charge is 0.457 e. The van der Waals surface area contributed by atoms with Crippen molar-refractivity contribution in [1.29, 1.82) is 0 Å². The third-order valence-electron chi connectivity index (χ3n) is 4.46. The lowest BCUT2D eigenvalue weighted by Crippen LogP contribution is -2.26. The van der Waals surface area contributed by atoms with Crippen molar-refractivity contribution in [3.8, 4) is 11.3 Å². The minimum absolute atomic E-state index is 0.222. The Hall–Kier alpha value is -2.84. The minimum atomic E-state index is -4.43. The maximum absolute atomic E-state index is 12.9. The number of furan rings is 1. The summed E-state index contributed by atoms with van der Waals surface area (Å²) in [5.74, 6) is 0.689. The molecule has 30 heavy (non-hydrogen) atoms. The Morgan fingerprint density at radius 1 is 1.07 bits per heavy atom. The number of aryl methyl sites for hydroxylation is 1. The van der Waals surface area contributed by atoms with Gasteiger partial charge in [-0.25, -0.2) is 0 Å². The molecule has 0 saturated carbocycles. The Morgan fingerprint density at radius 3 is 2.50 bits per heavy atom. The van der Waals surface area contributed by atoms with Crippen LogP contribution < -0.4 is 4.90 Å². The van der Waals surface area contributed by atoms with Gasteiger partial charge in [-0.05, 0) is 61.2 Å². The van der Waals surface area contributed by atoms with Gasteiger partial charge >= 0.3 is 6.18 Å². The van der Waals surface area contributed by atoms with Crippen LogP contribution in [0.2, 0.25) is 0 Å². The van der Waals surface area contributed by atoms with Crippen molar-refractivity contribution in [1.82, 2.24) is 0 Å². The van der Waals surface area contributed by atoms with Crippen molar-refractivity contribution in [2.75, 3.05) is 4.90 Å². The van der Waals surface area contributed by atoms with Crippen molar-refractivity contribution in [3.63, 3.8) is 0 Å².